The first-order valence-electron chi connectivity index (χ1n) is 7.81. The van der Waals surface area contributed by atoms with Gasteiger partial charge in [-0.3, -0.25) is 9.59 Å². The number of hydrogen-bond donors (Lipinski definition) is 3. The summed E-state index contributed by atoms with van der Waals surface area (Å²) in [5, 5.41) is 14.8. The number of nitrogens with one attached hydrogen (secondary N) is 2. The highest BCUT2D eigenvalue weighted by Crippen LogP contribution is 2.18. The second-order valence-electron chi connectivity index (χ2n) is 5.12. The minimum Gasteiger partial charge on any atom is -0.493 e. The molecule has 0 unspecified atom stereocenters. The van der Waals surface area contributed by atoms with E-state index in [0.29, 0.717) is 17.9 Å². The highest BCUT2D eigenvalue weighted by Gasteiger charge is 2.15. The van der Waals surface area contributed by atoms with Crippen molar-refractivity contribution in [2.45, 2.75) is 6.92 Å². The first kappa shape index (κ1) is 19.6. The molecule has 0 aromatic heterocycles. The zero-order valence-electron chi connectivity index (χ0n) is 14.2. The average Bonchev–Trinajstić information content (AvgIpc) is 2.64. The molecule has 0 fully saturated rings. The number of hydrogen-bond acceptors (Lipinski definition) is 5. The van der Waals surface area contributed by atoms with Crippen molar-refractivity contribution >= 4 is 29.7 Å². The first-order chi connectivity index (χ1) is 12.9. The van der Waals surface area contributed by atoms with Crippen LogP contribution in [0.15, 0.2) is 47.6 Å². The number of benzene rings is 2. The highest BCUT2D eigenvalue weighted by atomic mass is 19.1. The molecule has 140 valence electrons. The maximum atomic E-state index is 13.5. The lowest BCUT2D eigenvalue weighted by molar-refractivity contribution is -0.136. The van der Waals surface area contributed by atoms with E-state index in [9.17, 15) is 18.8 Å². The van der Waals surface area contributed by atoms with Gasteiger partial charge in [0.15, 0.2) is 0 Å². The van der Waals surface area contributed by atoms with E-state index in [2.05, 4.69) is 10.4 Å². The fourth-order valence-corrected chi connectivity index (χ4v) is 2.02. The molecule has 3 N–H and O–H groups in total. The van der Waals surface area contributed by atoms with E-state index in [1.165, 1.54) is 36.4 Å². The number of aromatic carboxylic acids is 1. The summed E-state index contributed by atoms with van der Waals surface area (Å²) in [7, 11) is 0. The third-order valence-electron chi connectivity index (χ3n) is 3.25. The van der Waals surface area contributed by atoms with Crippen LogP contribution in [0.5, 0.6) is 5.75 Å². The maximum absolute atomic E-state index is 13.5. The van der Waals surface area contributed by atoms with Gasteiger partial charge in [0.25, 0.3) is 0 Å². The number of amides is 2. The number of hydrazone groups is 1. The van der Waals surface area contributed by atoms with Crippen molar-refractivity contribution in [2.75, 3.05) is 11.9 Å². The fourth-order valence-electron chi connectivity index (χ4n) is 2.02. The third-order valence-corrected chi connectivity index (χ3v) is 3.25. The summed E-state index contributed by atoms with van der Waals surface area (Å²) < 4.78 is 18.8. The second kappa shape index (κ2) is 9.09. The van der Waals surface area contributed by atoms with E-state index in [0.717, 1.165) is 12.3 Å². The lowest BCUT2D eigenvalue weighted by Gasteiger charge is -2.08. The van der Waals surface area contributed by atoms with E-state index in [-0.39, 0.29) is 11.3 Å². The van der Waals surface area contributed by atoms with Crippen molar-refractivity contribution in [1.82, 2.24) is 5.43 Å². The Morgan fingerprint density at radius 1 is 1.19 bits per heavy atom. The van der Waals surface area contributed by atoms with Crippen LogP contribution in [-0.4, -0.2) is 35.7 Å². The Balaban J connectivity index is 2.06. The Morgan fingerprint density at radius 2 is 1.93 bits per heavy atom. The summed E-state index contributed by atoms with van der Waals surface area (Å²) >= 11 is 0. The normalized spacial score (nSPS) is 10.4. The molecule has 0 heterocycles. The van der Waals surface area contributed by atoms with Crippen molar-refractivity contribution < 1.29 is 28.6 Å². The van der Waals surface area contributed by atoms with Gasteiger partial charge in [-0.25, -0.2) is 14.6 Å². The minimum absolute atomic E-state index is 0.00326. The van der Waals surface area contributed by atoms with Crippen LogP contribution in [0.25, 0.3) is 0 Å². The summed E-state index contributed by atoms with van der Waals surface area (Å²) in [5.74, 6) is -3.70. The predicted octanol–water partition coefficient (Wildman–Crippen LogP) is 2.01. The highest BCUT2D eigenvalue weighted by molar-refractivity contribution is 6.39. The number of nitrogens with zero attached hydrogens (tertiary/aromatic N) is 1. The van der Waals surface area contributed by atoms with Gasteiger partial charge >= 0.3 is 17.8 Å². The second-order valence-corrected chi connectivity index (χ2v) is 5.12. The van der Waals surface area contributed by atoms with Gasteiger partial charge in [0.1, 0.15) is 11.6 Å². The van der Waals surface area contributed by atoms with Gasteiger partial charge in [0.05, 0.1) is 24.1 Å². The number of carboxylic acids is 1. The van der Waals surface area contributed by atoms with Crippen LogP contribution in [0.2, 0.25) is 0 Å². The Kier molecular flexibility index (Phi) is 6.59. The van der Waals surface area contributed by atoms with Crippen molar-refractivity contribution in [3.8, 4) is 5.75 Å². The molecule has 2 amide bonds. The smallest absolute Gasteiger partial charge is 0.335 e. The van der Waals surface area contributed by atoms with Gasteiger partial charge in [-0.2, -0.15) is 5.10 Å². The molecular weight excluding hydrogens is 357 g/mol. The number of halogens is 1. The maximum Gasteiger partial charge on any atom is 0.335 e. The van der Waals surface area contributed by atoms with E-state index in [4.69, 9.17) is 9.84 Å². The molecule has 0 aliphatic carbocycles. The molecule has 0 aliphatic heterocycles. The topological polar surface area (TPSA) is 117 Å². The van der Waals surface area contributed by atoms with Gasteiger partial charge in [-0.05, 0) is 37.3 Å². The Hall–Kier alpha value is -3.75. The fraction of sp³-hybridized carbons (Fsp3) is 0.111. The molecule has 0 spiro atoms. The summed E-state index contributed by atoms with van der Waals surface area (Å²) in [4.78, 5) is 34.6. The number of carboxylic acid groups (broad SMARTS) is 1. The van der Waals surface area contributed by atoms with Gasteiger partial charge < -0.3 is 15.2 Å². The molecule has 0 aliphatic rings. The monoisotopic (exact) mass is 373 g/mol. The molecule has 2 aromatic rings. The molecule has 8 nitrogen and oxygen atoms in total. The van der Waals surface area contributed by atoms with Gasteiger partial charge in [0, 0.05) is 5.56 Å². The SMILES string of the molecule is CCOc1ccc(C(=O)O)cc1/C=N\NC(=O)C(=O)Nc1ccccc1F. The molecule has 0 atom stereocenters. The van der Waals surface area contributed by atoms with E-state index in [1.54, 1.807) is 6.92 Å². The predicted molar refractivity (Wildman–Crippen MR) is 95.3 cm³/mol. The minimum atomic E-state index is -1.14. The zero-order valence-corrected chi connectivity index (χ0v) is 14.2. The lowest BCUT2D eigenvalue weighted by atomic mass is 10.1. The number of anilines is 1. The molecule has 2 aromatic carbocycles. The number of carbonyl (C=O) groups excluding carboxylic acids is 2. The van der Waals surface area contributed by atoms with Gasteiger partial charge in [-0.15, -0.1) is 0 Å². The van der Waals surface area contributed by atoms with Crippen LogP contribution in [0.3, 0.4) is 0 Å². The summed E-state index contributed by atoms with van der Waals surface area (Å²) in [6, 6.07) is 9.51. The van der Waals surface area contributed by atoms with Crippen molar-refractivity contribution in [3.63, 3.8) is 0 Å². The Morgan fingerprint density at radius 3 is 2.59 bits per heavy atom. The van der Waals surface area contributed by atoms with Crippen LogP contribution in [0.1, 0.15) is 22.8 Å². The molecule has 0 radical (unpaired) electrons. The Labute approximate surface area is 153 Å². The van der Waals surface area contributed by atoms with Gasteiger partial charge in [0.2, 0.25) is 0 Å². The van der Waals surface area contributed by atoms with E-state index >= 15 is 0 Å². The number of rotatable bonds is 6. The van der Waals surface area contributed by atoms with Crippen LogP contribution in [-0.2, 0) is 9.59 Å². The van der Waals surface area contributed by atoms with Crippen LogP contribution < -0.4 is 15.5 Å². The average molecular weight is 373 g/mol. The summed E-state index contributed by atoms with van der Waals surface area (Å²) in [6.45, 7) is 2.09. The molecular formula is C18H16FN3O5. The number of ether oxygens (including phenoxy) is 1. The molecule has 9 heteroatoms. The Bertz CT molecular complexity index is 898. The summed E-state index contributed by atoms with van der Waals surface area (Å²) in [6.07, 6.45) is 1.14. The van der Waals surface area contributed by atoms with Crippen molar-refractivity contribution in [1.29, 1.82) is 0 Å². The molecule has 0 saturated carbocycles. The van der Waals surface area contributed by atoms with Crippen LogP contribution in [0.4, 0.5) is 10.1 Å². The van der Waals surface area contributed by atoms with Gasteiger partial charge in [-0.1, -0.05) is 12.1 Å². The van der Waals surface area contributed by atoms with E-state index < -0.39 is 23.6 Å². The standard InChI is InChI=1S/C18H16FN3O5/c1-2-27-15-8-7-11(18(25)26)9-12(15)10-20-22-17(24)16(23)21-14-6-4-3-5-13(14)19/h3-10H,2H2,1H3,(H,21,23)(H,22,24)(H,25,26)/b20-10-. The van der Waals surface area contributed by atoms with E-state index in [1.807, 2.05) is 5.43 Å². The van der Waals surface area contributed by atoms with Crippen LogP contribution >= 0.6 is 0 Å². The number of para-hydroxylation sites is 1. The van der Waals surface area contributed by atoms with Crippen molar-refractivity contribution in [2.24, 2.45) is 5.10 Å². The largest absolute Gasteiger partial charge is 0.493 e. The lowest BCUT2D eigenvalue weighted by Crippen LogP contribution is -2.32. The van der Waals surface area contributed by atoms with Crippen molar-refractivity contribution in [3.05, 3.63) is 59.4 Å². The first-order valence-corrected chi connectivity index (χ1v) is 7.81. The molecule has 0 saturated heterocycles. The molecule has 2 rings (SSSR count). The molecule has 27 heavy (non-hydrogen) atoms. The number of carbonyl (C=O) groups is 3. The van der Waals surface area contributed by atoms with Crippen LogP contribution in [0, 0.1) is 5.82 Å². The third kappa shape index (κ3) is 5.36. The quantitative estimate of drug-likeness (QED) is 0.407. The zero-order chi connectivity index (χ0) is 19.8. The summed E-state index contributed by atoms with van der Waals surface area (Å²) in [5.41, 5.74) is 2.14. The molecule has 0 bridgehead atoms.